The first-order chi connectivity index (χ1) is 20.8. The van der Waals surface area contributed by atoms with Gasteiger partial charge in [0.25, 0.3) is 0 Å². The fourth-order valence-electron chi connectivity index (χ4n) is 6.63. The molecule has 196 valence electrons. The van der Waals surface area contributed by atoms with Gasteiger partial charge in [0.15, 0.2) is 5.13 Å². The summed E-state index contributed by atoms with van der Waals surface area (Å²) in [5, 5.41) is 8.26. The summed E-state index contributed by atoms with van der Waals surface area (Å²) in [4.78, 5) is 5.40. The molecule has 0 saturated heterocycles. The second-order valence-corrected chi connectivity index (χ2v) is 12.8. The second kappa shape index (κ2) is 8.29. The molecule has 0 aliphatic heterocycles. The summed E-state index contributed by atoms with van der Waals surface area (Å²) in [6.07, 6.45) is 0. The molecule has 0 radical (unpaired) electrons. The first-order valence-electron chi connectivity index (χ1n) is 14.0. The number of rotatable bonds is 2. The first-order valence-corrected chi connectivity index (χ1v) is 15.6. The monoisotopic (exact) mass is 572 g/mol. The minimum absolute atomic E-state index is 0.867. The molecule has 0 amide bonds. The molecule has 4 aromatic heterocycles. The normalized spacial score (nSPS) is 12.3. The summed E-state index contributed by atoms with van der Waals surface area (Å²) < 4.78 is 12.7. The first kappa shape index (κ1) is 22.7. The van der Waals surface area contributed by atoms with E-state index in [2.05, 4.69) is 120 Å². The van der Waals surface area contributed by atoms with Crippen molar-refractivity contribution in [3.05, 3.63) is 121 Å². The largest absolute Gasteiger partial charge is 0.455 e. The van der Waals surface area contributed by atoms with Crippen LogP contribution in [0.15, 0.2) is 126 Å². The SMILES string of the molecule is c1ccc(-c2cccc3c2oc2ccc4sc(-n5c6ccccc6c6ccc7c8ccccc8sc7c65)nc4c23)cc1. The van der Waals surface area contributed by atoms with E-state index in [0.29, 0.717) is 0 Å². The molecule has 3 nitrogen and oxygen atoms in total. The summed E-state index contributed by atoms with van der Waals surface area (Å²) in [7, 11) is 0. The van der Waals surface area contributed by atoms with Crippen LogP contribution in [-0.4, -0.2) is 9.55 Å². The van der Waals surface area contributed by atoms with Gasteiger partial charge in [-0.3, -0.25) is 4.57 Å². The van der Waals surface area contributed by atoms with Crippen LogP contribution >= 0.6 is 22.7 Å². The van der Waals surface area contributed by atoms with Gasteiger partial charge in [-0.2, -0.15) is 0 Å². The lowest BCUT2D eigenvalue weighted by molar-refractivity contribution is 0.670. The number of thiophene rings is 1. The highest BCUT2D eigenvalue weighted by Crippen LogP contribution is 2.45. The predicted molar refractivity (Wildman–Crippen MR) is 180 cm³/mol. The summed E-state index contributed by atoms with van der Waals surface area (Å²) in [6, 6.07) is 43.1. The van der Waals surface area contributed by atoms with Gasteiger partial charge in [-0.05, 0) is 29.8 Å². The van der Waals surface area contributed by atoms with Crippen molar-refractivity contribution in [3.8, 4) is 16.3 Å². The van der Waals surface area contributed by atoms with Crippen molar-refractivity contribution in [2.75, 3.05) is 0 Å². The Hall–Kier alpha value is -4.97. The maximum Gasteiger partial charge on any atom is 0.195 e. The Balaban J connectivity index is 1.31. The van der Waals surface area contributed by atoms with Gasteiger partial charge in [0.1, 0.15) is 11.2 Å². The molecule has 10 rings (SSSR count). The molecule has 6 aromatic carbocycles. The Morgan fingerprint density at radius 3 is 2.29 bits per heavy atom. The average molecular weight is 573 g/mol. The second-order valence-electron chi connectivity index (χ2n) is 10.7. The van der Waals surface area contributed by atoms with Crippen molar-refractivity contribution < 1.29 is 4.42 Å². The summed E-state index contributed by atoms with van der Waals surface area (Å²) in [5.41, 5.74) is 7.42. The molecular weight excluding hydrogens is 553 g/mol. The Morgan fingerprint density at radius 2 is 1.36 bits per heavy atom. The number of aromatic nitrogens is 2. The van der Waals surface area contributed by atoms with Crippen LogP contribution in [0.5, 0.6) is 0 Å². The number of fused-ring (bicyclic) bond motifs is 12. The van der Waals surface area contributed by atoms with E-state index in [1.807, 2.05) is 17.4 Å². The van der Waals surface area contributed by atoms with E-state index in [9.17, 15) is 0 Å². The van der Waals surface area contributed by atoms with Crippen molar-refractivity contribution in [2.45, 2.75) is 0 Å². The molecule has 0 unspecified atom stereocenters. The van der Waals surface area contributed by atoms with E-state index >= 15 is 0 Å². The molecular formula is C37H20N2OS2. The van der Waals surface area contributed by atoms with Crippen LogP contribution in [0.2, 0.25) is 0 Å². The van der Waals surface area contributed by atoms with Gasteiger partial charge in [-0.1, -0.05) is 108 Å². The molecule has 0 fully saturated rings. The van der Waals surface area contributed by atoms with Gasteiger partial charge in [0.2, 0.25) is 0 Å². The molecule has 0 spiro atoms. The standard InChI is InChI=1S/C37H20N2OS2/c1-2-9-21(10-3-1)22-13-8-14-27-32-29(40-35(22)27)19-20-31-33(32)38-37(42-31)39-28-15-6-4-11-23(28)25-17-18-26-24-12-5-7-16-30(24)41-36(26)34(25)39/h1-20H. The van der Waals surface area contributed by atoms with E-state index in [0.717, 1.165) is 48.4 Å². The highest BCUT2D eigenvalue weighted by Gasteiger charge is 2.22. The third-order valence-electron chi connectivity index (χ3n) is 8.46. The third-order valence-corrected chi connectivity index (χ3v) is 10.7. The molecule has 4 heterocycles. The summed E-state index contributed by atoms with van der Waals surface area (Å²) in [5.74, 6) is 0. The molecule has 10 aromatic rings. The van der Waals surface area contributed by atoms with E-state index in [1.54, 1.807) is 11.3 Å². The van der Waals surface area contributed by atoms with Crippen molar-refractivity contribution in [3.63, 3.8) is 0 Å². The lowest BCUT2D eigenvalue weighted by Crippen LogP contribution is -1.92. The summed E-state index contributed by atoms with van der Waals surface area (Å²) >= 11 is 3.61. The Bertz CT molecular complexity index is 2690. The lowest BCUT2D eigenvalue weighted by atomic mass is 10.0. The molecule has 0 bridgehead atoms. The van der Waals surface area contributed by atoms with Crippen molar-refractivity contribution in [1.29, 1.82) is 0 Å². The molecule has 0 aliphatic rings. The highest BCUT2D eigenvalue weighted by atomic mass is 32.1. The number of benzene rings is 6. The van der Waals surface area contributed by atoms with E-state index in [4.69, 9.17) is 9.40 Å². The Morgan fingerprint density at radius 1 is 0.571 bits per heavy atom. The quantitative estimate of drug-likeness (QED) is 0.206. The smallest absolute Gasteiger partial charge is 0.195 e. The number of hydrogen-bond donors (Lipinski definition) is 0. The Kier molecular flexibility index (Phi) is 4.48. The van der Waals surface area contributed by atoms with Crippen molar-refractivity contribution >= 4 is 96.8 Å². The fraction of sp³-hybridized carbons (Fsp3) is 0. The predicted octanol–water partition coefficient (Wildman–Crippen LogP) is 11.3. The minimum Gasteiger partial charge on any atom is -0.455 e. The number of furan rings is 1. The van der Waals surface area contributed by atoms with Gasteiger partial charge in [-0.25, -0.2) is 4.98 Å². The van der Waals surface area contributed by atoms with Gasteiger partial charge >= 0.3 is 0 Å². The van der Waals surface area contributed by atoms with Crippen LogP contribution in [0.3, 0.4) is 0 Å². The zero-order chi connectivity index (χ0) is 27.4. The molecule has 0 atom stereocenters. The lowest BCUT2D eigenvalue weighted by Gasteiger charge is -2.04. The number of nitrogens with zero attached hydrogens (tertiary/aromatic N) is 2. The fourth-order valence-corrected chi connectivity index (χ4v) is 8.87. The number of para-hydroxylation sites is 2. The molecule has 0 N–H and O–H groups in total. The van der Waals surface area contributed by atoms with Crippen LogP contribution in [0, 0.1) is 0 Å². The number of thiazole rings is 1. The van der Waals surface area contributed by atoms with Crippen LogP contribution in [0.4, 0.5) is 0 Å². The van der Waals surface area contributed by atoms with Crippen LogP contribution < -0.4 is 0 Å². The van der Waals surface area contributed by atoms with Gasteiger partial charge in [-0.15, -0.1) is 11.3 Å². The summed E-state index contributed by atoms with van der Waals surface area (Å²) in [6.45, 7) is 0. The van der Waals surface area contributed by atoms with E-state index < -0.39 is 0 Å². The molecule has 5 heteroatoms. The highest BCUT2D eigenvalue weighted by molar-refractivity contribution is 7.26. The van der Waals surface area contributed by atoms with Crippen molar-refractivity contribution in [1.82, 2.24) is 9.55 Å². The van der Waals surface area contributed by atoms with Crippen LogP contribution in [0.25, 0.3) is 90.4 Å². The molecule has 0 aliphatic carbocycles. The van der Waals surface area contributed by atoms with Gasteiger partial charge < -0.3 is 4.42 Å². The van der Waals surface area contributed by atoms with Gasteiger partial charge in [0.05, 0.1) is 31.3 Å². The number of hydrogen-bond acceptors (Lipinski definition) is 4. The van der Waals surface area contributed by atoms with E-state index in [-0.39, 0.29) is 0 Å². The Labute approximate surface area is 247 Å². The van der Waals surface area contributed by atoms with Crippen LogP contribution in [0.1, 0.15) is 0 Å². The zero-order valence-corrected chi connectivity index (χ0v) is 23.8. The van der Waals surface area contributed by atoms with Crippen LogP contribution in [-0.2, 0) is 0 Å². The molecule has 0 saturated carbocycles. The van der Waals surface area contributed by atoms with Gasteiger partial charge in [0, 0.05) is 37.2 Å². The maximum absolute atomic E-state index is 6.54. The van der Waals surface area contributed by atoms with E-state index in [1.165, 1.54) is 42.0 Å². The van der Waals surface area contributed by atoms with Crippen molar-refractivity contribution in [2.24, 2.45) is 0 Å². The minimum atomic E-state index is 0.867. The third kappa shape index (κ3) is 2.96. The zero-order valence-electron chi connectivity index (χ0n) is 22.2. The topological polar surface area (TPSA) is 31.0 Å². The maximum atomic E-state index is 6.54. The average Bonchev–Trinajstić information content (AvgIpc) is 3.80. The molecule has 42 heavy (non-hydrogen) atoms.